The van der Waals surface area contributed by atoms with Crippen molar-refractivity contribution in [3.63, 3.8) is 0 Å². The molecule has 3 rings (SSSR count). The van der Waals surface area contributed by atoms with Crippen molar-refractivity contribution >= 4 is 33.0 Å². The number of amides is 1. The monoisotopic (exact) mass is 457 g/mol. The van der Waals surface area contributed by atoms with E-state index in [1.165, 1.54) is 0 Å². The highest BCUT2D eigenvalue weighted by atomic mass is 32.2. The van der Waals surface area contributed by atoms with Crippen LogP contribution in [0.1, 0.15) is 33.1 Å². The second-order valence-corrected chi connectivity index (χ2v) is 10.1. The maximum absolute atomic E-state index is 12.9. The summed E-state index contributed by atoms with van der Waals surface area (Å²) in [5.74, 6) is -0.255. The summed E-state index contributed by atoms with van der Waals surface area (Å²) < 4.78 is 28.3. The lowest BCUT2D eigenvalue weighted by Crippen LogP contribution is -2.34. The third-order valence-corrected chi connectivity index (χ3v) is 7.24. The molecule has 0 aliphatic rings. The Morgan fingerprint density at radius 3 is 2.55 bits per heavy atom. The van der Waals surface area contributed by atoms with Crippen LogP contribution in [0.5, 0.6) is 0 Å². The number of nitrogens with one attached hydrogen (secondary N) is 2. The van der Waals surface area contributed by atoms with E-state index >= 15 is 0 Å². The molecule has 0 radical (unpaired) electrons. The van der Waals surface area contributed by atoms with Gasteiger partial charge in [-0.1, -0.05) is 18.2 Å². The maximum atomic E-state index is 12.9. The van der Waals surface area contributed by atoms with Crippen molar-refractivity contribution in [2.24, 2.45) is 0 Å². The largest absolute Gasteiger partial charge is 0.350 e. The summed E-state index contributed by atoms with van der Waals surface area (Å²) >= 11 is 1.62. The van der Waals surface area contributed by atoms with Gasteiger partial charge in [0.2, 0.25) is 0 Å². The minimum absolute atomic E-state index is 0.0566. The number of benzene rings is 2. The molecule has 0 bridgehead atoms. The summed E-state index contributed by atoms with van der Waals surface area (Å²) in [5.41, 5.74) is 3.40. The second-order valence-electron chi connectivity index (χ2n) is 7.70. The predicted octanol–water partition coefficient (Wildman–Crippen LogP) is 4.20. The van der Waals surface area contributed by atoms with Gasteiger partial charge in [0.25, 0.3) is 15.9 Å². The van der Waals surface area contributed by atoms with E-state index in [0.29, 0.717) is 23.4 Å². The first kappa shape index (κ1) is 23.0. The molecule has 2 N–H and O–H groups in total. The van der Waals surface area contributed by atoms with Crippen molar-refractivity contribution < 1.29 is 13.2 Å². The van der Waals surface area contributed by atoms with Crippen molar-refractivity contribution in [1.29, 1.82) is 0 Å². The lowest BCUT2D eigenvalue weighted by atomic mass is 10.1. The number of likely N-dealkylation sites (N-methyl/N-ethyl adjacent to an activating group) is 1. The van der Waals surface area contributed by atoms with Gasteiger partial charge >= 0.3 is 0 Å². The number of hydrogen-bond acceptors (Lipinski definition) is 5. The van der Waals surface area contributed by atoms with Gasteiger partial charge in [-0.15, -0.1) is 0 Å². The molecule has 1 amide bonds. The highest BCUT2D eigenvalue weighted by Crippen LogP contribution is 2.22. The number of thiophene rings is 1. The zero-order valence-corrected chi connectivity index (χ0v) is 19.7. The Balaban J connectivity index is 1.73. The lowest BCUT2D eigenvalue weighted by Gasteiger charge is -2.24. The molecule has 1 heterocycles. The Bertz CT molecular complexity index is 1160. The second kappa shape index (κ2) is 9.64. The van der Waals surface area contributed by atoms with E-state index < -0.39 is 10.0 Å². The fraction of sp³-hybridized carbons (Fsp3) is 0.261. The Hall–Kier alpha value is -2.68. The minimum atomic E-state index is -3.76. The van der Waals surface area contributed by atoms with Crippen LogP contribution in [-0.2, 0) is 10.0 Å². The van der Waals surface area contributed by atoms with Crippen molar-refractivity contribution in [2.45, 2.75) is 24.8 Å². The summed E-state index contributed by atoms with van der Waals surface area (Å²) in [6.45, 7) is 4.05. The summed E-state index contributed by atoms with van der Waals surface area (Å²) in [6, 6.07) is 13.9. The SMILES string of the molecule is Cc1ccc(C)c(S(=O)(=O)Nc2cccc(C(=O)NCC(c3ccsc3)N(C)C)c2)c1. The average Bonchev–Trinajstić information content (AvgIpc) is 3.23. The van der Waals surface area contributed by atoms with Gasteiger partial charge in [0, 0.05) is 17.8 Å². The standard InChI is InChI=1S/C23H27N3O3S2/c1-16-8-9-17(2)22(12-16)31(28,29)25-20-7-5-6-18(13-20)23(27)24-14-21(26(3)4)19-10-11-30-15-19/h5-13,15,21,25H,14H2,1-4H3,(H,24,27). The molecule has 0 saturated heterocycles. The van der Waals surface area contributed by atoms with Gasteiger partial charge in [0.05, 0.1) is 10.9 Å². The van der Waals surface area contributed by atoms with Gasteiger partial charge in [-0.05, 0) is 85.7 Å². The van der Waals surface area contributed by atoms with E-state index in [4.69, 9.17) is 0 Å². The first-order chi connectivity index (χ1) is 14.7. The molecule has 1 aromatic heterocycles. The van der Waals surface area contributed by atoms with E-state index in [1.54, 1.807) is 54.7 Å². The van der Waals surface area contributed by atoms with E-state index in [-0.39, 0.29) is 16.8 Å². The van der Waals surface area contributed by atoms with Gasteiger partial charge < -0.3 is 10.2 Å². The van der Waals surface area contributed by atoms with Crippen LogP contribution in [0, 0.1) is 13.8 Å². The zero-order chi connectivity index (χ0) is 22.6. The topological polar surface area (TPSA) is 78.5 Å². The first-order valence-electron chi connectivity index (χ1n) is 9.84. The number of hydrogen-bond donors (Lipinski definition) is 2. The molecular weight excluding hydrogens is 430 g/mol. The summed E-state index contributed by atoms with van der Waals surface area (Å²) in [7, 11) is 0.176. The fourth-order valence-electron chi connectivity index (χ4n) is 3.29. The van der Waals surface area contributed by atoms with Gasteiger partial charge in [0.15, 0.2) is 0 Å². The Morgan fingerprint density at radius 2 is 1.87 bits per heavy atom. The number of aryl methyl sites for hydroxylation is 2. The molecule has 8 heteroatoms. The highest BCUT2D eigenvalue weighted by molar-refractivity contribution is 7.92. The first-order valence-corrected chi connectivity index (χ1v) is 12.3. The van der Waals surface area contributed by atoms with E-state index in [2.05, 4.69) is 20.3 Å². The molecule has 1 atom stereocenters. The molecule has 31 heavy (non-hydrogen) atoms. The van der Waals surface area contributed by atoms with Crippen LogP contribution in [0.4, 0.5) is 5.69 Å². The van der Waals surface area contributed by atoms with Crippen molar-refractivity contribution in [3.05, 3.63) is 81.5 Å². The van der Waals surface area contributed by atoms with E-state index in [9.17, 15) is 13.2 Å². The number of nitrogens with zero attached hydrogens (tertiary/aromatic N) is 1. The molecular formula is C23H27N3O3S2. The molecule has 164 valence electrons. The number of anilines is 1. The number of sulfonamides is 1. The lowest BCUT2D eigenvalue weighted by molar-refractivity contribution is 0.0942. The molecule has 0 aliphatic heterocycles. The summed E-state index contributed by atoms with van der Waals surface area (Å²) in [5, 5.41) is 7.04. The molecule has 0 spiro atoms. The van der Waals surface area contributed by atoms with Crippen LogP contribution in [0.15, 0.2) is 64.2 Å². The third-order valence-electron chi connectivity index (χ3n) is 5.02. The zero-order valence-electron chi connectivity index (χ0n) is 18.0. The van der Waals surface area contributed by atoms with Crippen molar-refractivity contribution in [3.8, 4) is 0 Å². The van der Waals surface area contributed by atoms with Gasteiger partial charge in [-0.2, -0.15) is 11.3 Å². The fourth-order valence-corrected chi connectivity index (χ4v) is 5.37. The van der Waals surface area contributed by atoms with Crippen LogP contribution in [0.25, 0.3) is 0 Å². The molecule has 0 saturated carbocycles. The van der Waals surface area contributed by atoms with Gasteiger partial charge in [-0.3, -0.25) is 9.52 Å². The summed E-state index contributed by atoms with van der Waals surface area (Å²) in [4.78, 5) is 15.0. The molecule has 0 aliphatic carbocycles. The number of carbonyl (C=O) groups is 1. The predicted molar refractivity (Wildman–Crippen MR) is 126 cm³/mol. The average molecular weight is 458 g/mol. The smallest absolute Gasteiger partial charge is 0.262 e. The maximum Gasteiger partial charge on any atom is 0.262 e. The van der Waals surface area contributed by atoms with Crippen LogP contribution in [0.2, 0.25) is 0 Å². The van der Waals surface area contributed by atoms with Crippen LogP contribution < -0.4 is 10.0 Å². The molecule has 2 aromatic carbocycles. The highest BCUT2D eigenvalue weighted by Gasteiger charge is 2.19. The molecule has 3 aromatic rings. The van der Waals surface area contributed by atoms with E-state index in [1.807, 2.05) is 38.5 Å². The molecule has 6 nitrogen and oxygen atoms in total. The van der Waals surface area contributed by atoms with Crippen LogP contribution in [-0.4, -0.2) is 39.9 Å². The number of rotatable bonds is 8. The van der Waals surface area contributed by atoms with E-state index in [0.717, 1.165) is 11.1 Å². The third kappa shape index (κ3) is 5.72. The van der Waals surface area contributed by atoms with Crippen LogP contribution in [0.3, 0.4) is 0 Å². The molecule has 1 unspecified atom stereocenters. The quantitative estimate of drug-likeness (QED) is 0.531. The normalized spacial score (nSPS) is 12.5. The number of carbonyl (C=O) groups excluding carboxylic acids is 1. The Morgan fingerprint density at radius 1 is 1.10 bits per heavy atom. The Labute approximate surface area is 188 Å². The van der Waals surface area contributed by atoms with Gasteiger partial charge in [0.1, 0.15) is 0 Å². The Kier molecular flexibility index (Phi) is 7.15. The van der Waals surface area contributed by atoms with Crippen molar-refractivity contribution in [1.82, 2.24) is 10.2 Å². The molecule has 0 fully saturated rings. The summed E-state index contributed by atoms with van der Waals surface area (Å²) in [6.07, 6.45) is 0. The minimum Gasteiger partial charge on any atom is -0.350 e. The van der Waals surface area contributed by atoms with Crippen molar-refractivity contribution in [2.75, 3.05) is 25.4 Å². The van der Waals surface area contributed by atoms with Crippen LogP contribution >= 0.6 is 11.3 Å². The van der Waals surface area contributed by atoms with Gasteiger partial charge in [-0.25, -0.2) is 8.42 Å².